The Bertz CT molecular complexity index is 380. The van der Waals surface area contributed by atoms with Crippen molar-refractivity contribution in [1.29, 1.82) is 0 Å². The molecule has 0 saturated heterocycles. The van der Waals surface area contributed by atoms with Crippen molar-refractivity contribution in [2.24, 2.45) is 0 Å². The summed E-state index contributed by atoms with van der Waals surface area (Å²) >= 11 is 0. The Kier molecular flexibility index (Phi) is 22.2. The molecule has 0 saturated carbocycles. The molecule has 0 unspecified atom stereocenters. The maximum Gasteiger partial charge on any atom is 0 e. The molecule has 0 aliphatic rings. The van der Waals surface area contributed by atoms with Gasteiger partial charge in [0.25, 0.3) is 0 Å². The van der Waals surface area contributed by atoms with E-state index in [1.807, 2.05) is 0 Å². The van der Waals surface area contributed by atoms with Crippen LogP contribution < -0.4 is 37.2 Å². The summed E-state index contributed by atoms with van der Waals surface area (Å²) in [5.74, 6) is 1.46. The first-order chi connectivity index (χ1) is 7.59. The van der Waals surface area contributed by atoms with E-state index < -0.39 is 0 Å². The Morgan fingerprint density at radius 2 is 1.55 bits per heavy atom. The summed E-state index contributed by atoms with van der Waals surface area (Å²) in [6, 6.07) is 14.7. The molecule has 1 nitrogen and oxygen atoms in total. The molecule has 0 heterocycles. The molecule has 0 atom stereocenters. The molecule has 2 rings (SSSR count). The fraction of sp³-hybridized carbons (Fsp3) is 0.333. The van der Waals surface area contributed by atoms with Gasteiger partial charge in [-0.2, -0.15) is 31.4 Å². The van der Waals surface area contributed by atoms with Crippen LogP contribution in [-0.2, 0) is 18.6 Å². The van der Waals surface area contributed by atoms with E-state index in [1.165, 1.54) is 16.7 Å². The van der Waals surface area contributed by atoms with Gasteiger partial charge in [-0.3, -0.25) is 0 Å². The van der Waals surface area contributed by atoms with Gasteiger partial charge in [0, 0.05) is 18.6 Å². The molecular formula is C15H21Cl3NV-5. The molecule has 2 aromatic carbocycles. The third-order valence-electron chi connectivity index (χ3n) is 2.18. The molecule has 0 N–H and O–H groups in total. The zero-order valence-corrected chi connectivity index (χ0v) is 15.9. The summed E-state index contributed by atoms with van der Waals surface area (Å²) in [4.78, 5) is 2.16. The Morgan fingerprint density at radius 1 is 1.00 bits per heavy atom. The molecule has 0 bridgehead atoms. The van der Waals surface area contributed by atoms with Crippen LogP contribution in [0.3, 0.4) is 0 Å². The molecule has 1 radical (unpaired) electrons. The van der Waals surface area contributed by atoms with Crippen molar-refractivity contribution in [2.45, 2.75) is 13.8 Å². The monoisotopic (exact) mass is 371 g/mol. The predicted molar refractivity (Wildman–Crippen MR) is 72.7 cm³/mol. The Hall–Kier alpha value is 0.244. The normalized spacial score (nSPS) is 8.50. The molecule has 0 spiro atoms. The van der Waals surface area contributed by atoms with Gasteiger partial charge in [-0.1, -0.05) is 6.07 Å². The van der Waals surface area contributed by atoms with Crippen LogP contribution in [0.4, 0.5) is 0 Å². The van der Waals surface area contributed by atoms with E-state index in [2.05, 4.69) is 75.3 Å². The smallest absolute Gasteiger partial charge is 0 e. The van der Waals surface area contributed by atoms with Gasteiger partial charge in [0.1, 0.15) is 0 Å². The largest absolute Gasteiger partial charge is 1.00 e. The molecule has 20 heavy (non-hydrogen) atoms. The van der Waals surface area contributed by atoms with E-state index in [4.69, 9.17) is 0 Å². The third kappa shape index (κ3) is 12.0. The second-order valence-electron chi connectivity index (χ2n) is 4.60. The van der Waals surface area contributed by atoms with Gasteiger partial charge in [0.05, 0.1) is 0 Å². The zero-order chi connectivity index (χ0) is 12.0. The second-order valence-corrected chi connectivity index (χ2v) is 4.60. The molecular weight excluding hydrogens is 351 g/mol. The molecule has 0 aliphatic heterocycles. The maximum atomic E-state index is 2.16. The van der Waals surface area contributed by atoms with Crippen molar-refractivity contribution in [3.63, 3.8) is 0 Å². The van der Waals surface area contributed by atoms with Crippen molar-refractivity contribution >= 4 is 10.8 Å². The summed E-state index contributed by atoms with van der Waals surface area (Å²) in [6.07, 6.45) is 0. The minimum Gasteiger partial charge on any atom is -1.00 e. The average molecular weight is 373 g/mol. The van der Waals surface area contributed by atoms with Gasteiger partial charge in [-0.15, -0.1) is 36.2 Å². The van der Waals surface area contributed by atoms with Crippen LogP contribution in [-0.4, -0.2) is 25.5 Å². The SMILES string of the molecule is C[C-](C)CN(C)C.[Cl-].[Cl-].[Cl-].[V].c1ccc2[cH-]ccc2c1. The number of benzene rings is 1. The van der Waals surface area contributed by atoms with E-state index in [9.17, 15) is 0 Å². The minimum atomic E-state index is 0. The fourth-order valence-electron chi connectivity index (χ4n) is 1.70. The van der Waals surface area contributed by atoms with E-state index in [-0.39, 0.29) is 55.8 Å². The second kappa shape index (κ2) is 15.6. The number of hydrogen-bond donors (Lipinski definition) is 0. The summed E-state index contributed by atoms with van der Waals surface area (Å²) in [5.41, 5.74) is 0. The minimum absolute atomic E-state index is 0. The molecule has 0 fully saturated rings. The molecule has 5 heteroatoms. The van der Waals surface area contributed by atoms with E-state index in [0.717, 1.165) is 6.54 Å². The van der Waals surface area contributed by atoms with Crippen LogP contribution in [0.5, 0.6) is 0 Å². The van der Waals surface area contributed by atoms with Crippen molar-refractivity contribution < 1.29 is 55.8 Å². The average Bonchev–Trinajstić information content (AvgIpc) is 2.63. The molecule has 117 valence electrons. The van der Waals surface area contributed by atoms with Crippen LogP contribution in [0.15, 0.2) is 42.5 Å². The number of rotatable bonds is 2. The van der Waals surface area contributed by atoms with Gasteiger partial charge in [-0.25, -0.2) is 0 Å². The fourth-order valence-corrected chi connectivity index (χ4v) is 1.70. The first-order valence-electron chi connectivity index (χ1n) is 5.64. The molecule has 0 aromatic heterocycles. The maximum absolute atomic E-state index is 2.16. The first kappa shape index (κ1) is 28.4. The number of hydrogen-bond acceptors (Lipinski definition) is 1. The van der Waals surface area contributed by atoms with Crippen LogP contribution in [0.1, 0.15) is 13.8 Å². The molecule has 2 aromatic rings. The summed E-state index contributed by atoms with van der Waals surface area (Å²) in [5, 5.41) is 2.66. The predicted octanol–water partition coefficient (Wildman–Crippen LogP) is -5.27. The molecule has 0 amide bonds. The third-order valence-corrected chi connectivity index (χ3v) is 2.18. The van der Waals surface area contributed by atoms with Crippen LogP contribution >= 0.6 is 0 Å². The number of fused-ring (bicyclic) bond motifs is 1. The van der Waals surface area contributed by atoms with Gasteiger partial charge in [-0.05, 0) is 14.1 Å². The topological polar surface area (TPSA) is 3.24 Å². The van der Waals surface area contributed by atoms with Gasteiger partial charge >= 0.3 is 0 Å². The Balaban J connectivity index is -0.000000110. The van der Waals surface area contributed by atoms with Gasteiger partial charge in [0.15, 0.2) is 0 Å². The van der Waals surface area contributed by atoms with E-state index >= 15 is 0 Å². The quantitative estimate of drug-likeness (QED) is 0.476. The summed E-state index contributed by atoms with van der Waals surface area (Å²) in [7, 11) is 4.15. The molecule has 0 aliphatic carbocycles. The van der Waals surface area contributed by atoms with Gasteiger partial charge in [0.2, 0.25) is 0 Å². The van der Waals surface area contributed by atoms with Crippen molar-refractivity contribution in [1.82, 2.24) is 4.90 Å². The number of nitrogens with zero attached hydrogens (tertiary/aromatic N) is 1. The van der Waals surface area contributed by atoms with Crippen molar-refractivity contribution in [2.75, 3.05) is 20.6 Å². The Labute approximate surface area is 154 Å². The van der Waals surface area contributed by atoms with Crippen LogP contribution in [0.2, 0.25) is 0 Å². The van der Waals surface area contributed by atoms with Gasteiger partial charge < -0.3 is 48.0 Å². The van der Waals surface area contributed by atoms with E-state index in [0.29, 0.717) is 0 Å². The Morgan fingerprint density at radius 3 is 1.95 bits per heavy atom. The summed E-state index contributed by atoms with van der Waals surface area (Å²) in [6.45, 7) is 5.39. The van der Waals surface area contributed by atoms with Crippen molar-refractivity contribution in [3.8, 4) is 0 Å². The standard InChI is InChI=1S/C9H7.C6H14N.3ClH.V/c1-2-5-9-7-3-6-8(9)4-1;1-6(2)5-7(3)4;;;;/h1-7H;5H2,1-4H3;3*1H;/q2*-1;;;;/p-3. The van der Waals surface area contributed by atoms with Crippen molar-refractivity contribution in [3.05, 3.63) is 48.4 Å². The van der Waals surface area contributed by atoms with E-state index in [1.54, 1.807) is 0 Å². The van der Waals surface area contributed by atoms with Crippen LogP contribution in [0.25, 0.3) is 10.8 Å². The first-order valence-corrected chi connectivity index (χ1v) is 5.64. The summed E-state index contributed by atoms with van der Waals surface area (Å²) < 4.78 is 0. The number of halogens is 3. The zero-order valence-electron chi connectivity index (χ0n) is 12.3. The van der Waals surface area contributed by atoms with Crippen LogP contribution in [0, 0.1) is 5.92 Å².